The number of benzene rings is 10. The van der Waals surface area contributed by atoms with Crippen LogP contribution in [0.15, 0.2) is 200 Å². The van der Waals surface area contributed by atoms with Crippen molar-refractivity contribution in [1.82, 2.24) is 15.0 Å². The molecule has 0 atom stereocenters. The van der Waals surface area contributed by atoms with Crippen molar-refractivity contribution < 1.29 is 4.74 Å². The van der Waals surface area contributed by atoms with E-state index in [1.807, 2.05) is 30.3 Å². The molecule has 4 heteroatoms. The van der Waals surface area contributed by atoms with E-state index in [0.717, 1.165) is 66.8 Å². The minimum atomic E-state index is 0.599. The van der Waals surface area contributed by atoms with Gasteiger partial charge >= 0.3 is 0 Å². The SMILES string of the molecule is c1ccc(-c2ccc(-c3nc(-c4ccc(-c5c6ccccc6cc6c5ccc5ccccc56)cc4)nc(-c4ccc5c(c4)-c4cccc6cccc(c46)O5)n3)cc2)cc1. The van der Waals surface area contributed by atoms with Crippen LogP contribution in [0.25, 0.3) is 111 Å². The Labute approximate surface area is 340 Å². The summed E-state index contributed by atoms with van der Waals surface area (Å²) in [5.74, 6) is 3.51. The molecule has 0 radical (unpaired) electrons. The molecule has 1 aliphatic rings. The highest BCUT2D eigenvalue weighted by atomic mass is 16.5. The van der Waals surface area contributed by atoms with Gasteiger partial charge in [-0.3, -0.25) is 0 Å². The zero-order chi connectivity index (χ0) is 38.9. The van der Waals surface area contributed by atoms with Crippen LogP contribution in [0.5, 0.6) is 11.5 Å². The third-order valence-electron chi connectivity index (χ3n) is 11.7. The van der Waals surface area contributed by atoms with Gasteiger partial charge in [0.25, 0.3) is 0 Å². The molecule has 0 saturated heterocycles. The van der Waals surface area contributed by atoms with E-state index in [9.17, 15) is 0 Å². The van der Waals surface area contributed by atoms with Gasteiger partial charge in [0, 0.05) is 27.6 Å². The van der Waals surface area contributed by atoms with E-state index >= 15 is 0 Å². The number of aromatic nitrogens is 3. The minimum absolute atomic E-state index is 0.599. The van der Waals surface area contributed by atoms with Gasteiger partial charge in [0.2, 0.25) is 0 Å². The fourth-order valence-corrected chi connectivity index (χ4v) is 8.83. The van der Waals surface area contributed by atoms with Crippen LogP contribution in [0, 0.1) is 0 Å². The highest BCUT2D eigenvalue weighted by Gasteiger charge is 2.22. The van der Waals surface area contributed by atoms with Crippen LogP contribution in [0.3, 0.4) is 0 Å². The number of rotatable bonds is 5. The topological polar surface area (TPSA) is 47.9 Å². The van der Waals surface area contributed by atoms with Gasteiger partial charge in [-0.1, -0.05) is 170 Å². The minimum Gasteiger partial charge on any atom is -0.456 e. The first-order valence-electron chi connectivity index (χ1n) is 19.9. The molecule has 4 nitrogen and oxygen atoms in total. The highest BCUT2D eigenvalue weighted by Crippen LogP contribution is 2.47. The second kappa shape index (κ2) is 13.3. The number of hydrogen-bond donors (Lipinski definition) is 0. The molecule has 12 rings (SSSR count). The van der Waals surface area contributed by atoms with E-state index in [0.29, 0.717) is 17.5 Å². The zero-order valence-corrected chi connectivity index (χ0v) is 31.8. The lowest BCUT2D eigenvalue weighted by atomic mass is 9.89. The van der Waals surface area contributed by atoms with Crippen molar-refractivity contribution in [2.24, 2.45) is 0 Å². The van der Waals surface area contributed by atoms with Crippen molar-refractivity contribution in [1.29, 1.82) is 0 Å². The molecule has 0 fully saturated rings. The molecular formula is C55H33N3O. The Morgan fingerprint density at radius 2 is 0.864 bits per heavy atom. The lowest BCUT2D eigenvalue weighted by Gasteiger charge is -2.21. The predicted octanol–water partition coefficient (Wildman–Crippen LogP) is 14.6. The first-order valence-corrected chi connectivity index (χ1v) is 19.9. The molecule has 0 N–H and O–H groups in total. The van der Waals surface area contributed by atoms with Crippen molar-refractivity contribution in [3.8, 4) is 79.0 Å². The molecule has 1 aliphatic heterocycles. The van der Waals surface area contributed by atoms with Crippen LogP contribution in [0.4, 0.5) is 0 Å². The summed E-state index contributed by atoms with van der Waals surface area (Å²) >= 11 is 0. The average molecular weight is 752 g/mol. The van der Waals surface area contributed by atoms with Crippen molar-refractivity contribution in [3.05, 3.63) is 200 Å². The van der Waals surface area contributed by atoms with Crippen molar-refractivity contribution in [3.63, 3.8) is 0 Å². The fourth-order valence-electron chi connectivity index (χ4n) is 8.83. The standard InChI is InChI=1S/C55H33N3O/c1-2-10-34(11-3-1)35-20-24-39(25-21-35)53-56-54(58-55(57-53)42-29-31-49-48(33-42)45-18-8-14-37-15-9-19-50(59-49)52(37)45)40-26-22-38(23-27-40)51-44-17-7-5-13-41(44)32-47-43-16-6-4-12-36(43)28-30-46(47)51/h1-33H. The normalized spacial score (nSPS) is 11.9. The summed E-state index contributed by atoms with van der Waals surface area (Å²) in [5, 5.41) is 9.67. The molecule has 0 saturated carbocycles. The summed E-state index contributed by atoms with van der Waals surface area (Å²) in [5.41, 5.74) is 9.53. The Morgan fingerprint density at radius 3 is 1.63 bits per heavy atom. The first-order chi connectivity index (χ1) is 29.2. The van der Waals surface area contributed by atoms with Gasteiger partial charge in [0.15, 0.2) is 17.5 Å². The number of ether oxygens (including phenoxy) is 1. The number of nitrogens with zero attached hydrogens (tertiary/aromatic N) is 3. The summed E-state index contributed by atoms with van der Waals surface area (Å²) in [6, 6.07) is 70.6. The Hall–Kier alpha value is -7.95. The maximum absolute atomic E-state index is 6.44. The Kier molecular flexibility index (Phi) is 7.50. The molecule has 10 aromatic carbocycles. The second-order valence-electron chi connectivity index (χ2n) is 15.2. The van der Waals surface area contributed by atoms with E-state index in [1.165, 1.54) is 37.9 Å². The van der Waals surface area contributed by atoms with Crippen molar-refractivity contribution in [2.45, 2.75) is 0 Å². The van der Waals surface area contributed by atoms with Gasteiger partial charge in [-0.2, -0.15) is 0 Å². The monoisotopic (exact) mass is 751 g/mol. The molecule has 2 heterocycles. The van der Waals surface area contributed by atoms with Crippen LogP contribution < -0.4 is 4.74 Å². The summed E-state index contributed by atoms with van der Waals surface area (Å²) in [6.45, 7) is 0. The maximum atomic E-state index is 6.44. The first kappa shape index (κ1) is 33.2. The summed E-state index contributed by atoms with van der Waals surface area (Å²) in [6.07, 6.45) is 0. The lowest BCUT2D eigenvalue weighted by Crippen LogP contribution is -2.01. The van der Waals surface area contributed by atoms with Gasteiger partial charge in [-0.15, -0.1) is 0 Å². The van der Waals surface area contributed by atoms with Crippen molar-refractivity contribution in [2.75, 3.05) is 0 Å². The lowest BCUT2D eigenvalue weighted by molar-refractivity contribution is 0.487. The van der Waals surface area contributed by atoms with Gasteiger partial charge in [-0.05, 0) is 95.9 Å². The van der Waals surface area contributed by atoms with E-state index in [1.54, 1.807) is 0 Å². The van der Waals surface area contributed by atoms with Crippen LogP contribution >= 0.6 is 0 Å². The summed E-state index contributed by atoms with van der Waals surface area (Å²) in [4.78, 5) is 15.5. The molecule has 0 amide bonds. The number of hydrogen-bond acceptors (Lipinski definition) is 4. The Bertz CT molecular complexity index is 3440. The Morgan fingerprint density at radius 1 is 0.288 bits per heavy atom. The van der Waals surface area contributed by atoms with Gasteiger partial charge in [0.1, 0.15) is 11.5 Å². The van der Waals surface area contributed by atoms with E-state index in [-0.39, 0.29) is 0 Å². The molecule has 1 aromatic heterocycles. The van der Waals surface area contributed by atoms with Crippen LogP contribution in [-0.2, 0) is 0 Å². The maximum Gasteiger partial charge on any atom is 0.164 e. The largest absolute Gasteiger partial charge is 0.456 e. The smallest absolute Gasteiger partial charge is 0.164 e. The quantitative estimate of drug-likeness (QED) is 0.130. The molecular weight excluding hydrogens is 719 g/mol. The highest BCUT2D eigenvalue weighted by molar-refractivity contribution is 6.20. The van der Waals surface area contributed by atoms with Gasteiger partial charge in [-0.25, -0.2) is 15.0 Å². The third-order valence-corrected chi connectivity index (χ3v) is 11.7. The average Bonchev–Trinajstić information content (AvgIpc) is 3.31. The van der Waals surface area contributed by atoms with E-state index in [4.69, 9.17) is 19.7 Å². The summed E-state index contributed by atoms with van der Waals surface area (Å²) < 4.78 is 6.44. The summed E-state index contributed by atoms with van der Waals surface area (Å²) in [7, 11) is 0. The molecule has 0 aliphatic carbocycles. The van der Waals surface area contributed by atoms with E-state index < -0.39 is 0 Å². The van der Waals surface area contributed by atoms with Crippen molar-refractivity contribution >= 4 is 43.1 Å². The van der Waals surface area contributed by atoms with Crippen LogP contribution in [0.2, 0.25) is 0 Å². The van der Waals surface area contributed by atoms with Gasteiger partial charge < -0.3 is 4.74 Å². The molecule has 59 heavy (non-hydrogen) atoms. The third kappa shape index (κ3) is 5.57. The molecule has 11 aromatic rings. The van der Waals surface area contributed by atoms with Crippen LogP contribution in [-0.4, -0.2) is 15.0 Å². The molecule has 0 bridgehead atoms. The van der Waals surface area contributed by atoms with Gasteiger partial charge in [0.05, 0.1) is 0 Å². The Balaban J connectivity index is 1.00. The predicted molar refractivity (Wildman–Crippen MR) is 243 cm³/mol. The molecule has 0 spiro atoms. The molecule has 0 unspecified atom stereocenters. The molecule has 274 valence electrons. The zero-order valence-electron chi connectivity index (χ0n) is 31.8. The number of fused-ring (bicyclic) bond motifs is 6. The van der Waals surface area contributed by atoms with Crippen LogP contribution in [0.1, 0.15) is 0 Å². The second-order valence-corrected chi connectivity index (χ2v) is 15.2. The fraction of sp³-hybridized carbons (Fsp3) is 0. The van der Waals surface area contributed by atoms with E-state index in [2.05, 4.69) is 170 Å².